The molecule has 0 amide bonds. The third-order valence-corrected chi connectivity index (χ3v) is 1.74. The summed E-state index contributed by atoms with van der Waals surface area (Å²) < 4.78 is 19.5. The molecule has 0 aliphatic rings. The molecule has 0 heterocycles. The van der Waals surface area contributed by atoms with Crippen molar-refractivity contribution in [3.05, 3.63) is 24.8 Å². The van der Waals surface area contributed by atoms with Crippen molar-refractivity contribution < 1.29 is 13.6 Å². The Hall–Kier alpha value is -0.500. The summed E-state index contributed by atoms with van der Waals surface area (Å²) in [5.41, 5.74) is 0. The minimum atomic E-state index is -1.83. The lowest BCUT2D eigenvalue weighted by molar-refractivity contribution is 0.243. The van der Waals surface area contributed by atoms with Crippen molar-refractivity contribution in [1.29, 1.82) is 0 Å². The molecule has 0 aromatic carbocycles. The first kappa shape index (κ1) is 15.0. The van der Waals surface area contributed by atoms with Crippen molar-refractivity contribution in [2.24, 2.45) is 0 Å². The van der Waals surface area contributed by atoms with Crippen molar-refractivity contribution in [2.45, 2.75) is 20.8 Å². The molecule has 76 valence electrons. The number of hydrogen-bond acceptors (Lipinski definition) is 3. The van der Waals surface area contributed by atoms with E-state index in [0.29, 0.717) is 13.2 Å². The van der Waals surface area contributed by atoms with E-state index in [4.69, 9.17) is 0 Å². The molecule has 4 heteroatoms. The van der Waals surface area contributed by atoms with Gasteiger partial charge in [0.05, 0.1) is 0 Å². The second-order valence-electron chi connectivity index (χ2n) is 1.82. The summed E-state index contributed by atoms with van der Waals surface area (Å²) in [6, 6.07) is 0. The molecule has 0 aliphatic carbocycles. The van der Waals surface area contributed by atoms with E-state index in [1.807, 2.05) is 19.1 Å². The maximum absolute atomic E-state index is 10.3. The highest BCUT2D eigenvalue weighted by Crippen LogP contribution is 2.21. The molecule has 0 rings (SSSR count). The van der Waals surface area contributed by atoms with Crippen LogP contribution in [-0.2, 0) is 13.6 Å². The average Bonchev–Trinajstić information content (AvgIpc) is 2.08. The summed E-state index contributed by atoms with van der Waals surface area (Å²) in [6.07, 6.45) is 5.58. The summed E-state index contributed by atoms with van der Waals surface area (Å²) in [6.45, 7) is 9.84. The van der Waals surface area contributed by atoms with Gasteiger partial charge < -0.3 is 0 Å². The van der Waals surface area contributed by atoms with Crippen LogP contribution in [0.4, 0.5) is 0 Å². The molecule has 0 spiro atoms. The Kier molecular flexibility index (Phi) is 16.2. The Bertz CT molecular complexity index is 147. The summed E-state index contributed by atoms with van der Waals surface area (Å²) in [4.78, 5) is 0. The number of hydrogen-bond donors (Lipinski definition) is 0. The molecule has 0 fully saturated rings. The fraction of sp³-hybridized carbons (Fsp3) is 0.556. The summed E-state index contributed by atoms with van der Waals surface area (Å²) in [5.74, 6) is 0. The maximum atomic E-state index is 10.3. The van der Waals surface area contributed by atoms with Gasteiger partial charge in [0.15, 0.2) is 0 Å². The van der Waals surface area contributed by atoms with Gasteiger partial charge in [-0.15, -0.1) is 9.05 Å². The lowest BCUT2D eigenvalue weighted by atomic mass is 10.5. The SMILES string of the molecule is C=CC=CC.CCO[P+](=O)OCC. The van der Waals surface area contributed by atoms with Crippen LogP contribution in [0.1, 0.15) is 20.8 Å². The molecule has 0 aliphatic heterocycles. The van der Waals surface area contributed by atoms with Crippen molar-refractivity contribution in [3.63, 3.8) is 0 Å². The van der Waals surface area contributed by atoms with Crippen LogP contribution in [-0.4, -0.2) is 13.2 Å². The molecule has 0 aromatic rings. The van der Waals surface area contributed by atoms with Crippen LogP contribution in [0.5, 0.6) is 0 Å². The van der Waals surface area contributed by atoms with Crippen molar-refractivity contribution in [2.75, 3.05) is 13.2 Å². The van der Waals surface area contributed by atoms with E-state index in [1.165, 1.54) is 0 Å². The van der Waals surface area contributed by atoms with Gasteiger partial charge in [0.2, 0.25) is 0 Å². The molecule has 0 saturated heterocycles. The van der Waals surface area contributed by atoms with Gasteiger partial charge in [0.25, 0.3) is 0 Å². The van der Waals surface area contributed by atoms with Gasteiger partial charge >= 0.3 is 8.25 Å². The Morgan fingerprint density at radius 3 is 1.92 bits per heavy atom. The summed E-state index contributed by atoms with van der Waals surface area (Å²) in [5, 5.41) is 0. The largest absolute Gasteiger partial charge is 0.697 e. The van der Waals surface area contributed by atoms with Crippen LogP contribution in [0.3, 0.4) is 0 Å². The molecule has 0 bridgehead atoms. The zero-order chi connectivity index (χ0) is 10.5. The van der Waals surface area contributed by atoms with Gasteiger partial charge in [-0.1, -0.05) is 24.8 Å². The number of rotatable bonds is 5. The zero-order valence-electron chi connectivity index (χ0n) is 8.53. The lowest BCUT2D eigenvalue weighted by Crippen LogP contribution is -1.81. The van der Waals surface area contributed by atoms with E-state index in [1.54, 1.807) is 19.9 Å². The minimum absolute atomic E-state index is 0.440. The Balaban J connectivity index is 0. The van der Waals surface area contributed by atoms with Crippen LogP contribution >= 0.6 is 8.25 Å². The monoisotopic (exact) mass is 205 g/mol. The molecule has 0 unspecified atom stereocenters. The van der Waals surface area contributed by atoms with E-state index in [2.05, 4.69) is 15.6 Å². The van der Waals surface area contributed by atoms with Crippen molar-refractivity contribution >= 4 is 8.25 Å². The van der Waals surface area contributed by atoms with E-state index in [9.17, 15) is 4.57 Å². The van der Waals surface area contributed by atoms with Gasteiger partial charge in [-0.25, -0.2) is 0 Å². The fourth-order valence-electron chi connectivity index (χ4n) is 0.384. The Morgan fingerprint density at radius 2 is 1.77 bits per heavy atom. The quantitative estimate of drug-likeness (QED) is 0.509. The highest BCUT2D eigenvalue weighted by atomic mass is 31.1. The molecular formula is C9H18O3P+. The van der Waals surface area contributed by atoms with E-state index in [-0.39, 0.29) is 0 Å². The van der Waals surface area contributed by atoms with Gasteiger partial charge in [-0.2, -0.15) is 0 Å². The van der Waals surface area contributed by atoms with Gasteiger partial charge in [-0.05, 0) is 20.8 Å². The number of allylic oxidation sites excluding steroid dienone is 3. The van der Waals surface area contributed by atoms with Crippen LogP contribution < -0.4 is 0 Å². The van der Waals surface area contributed by atoms with E-state index >= 15 is 0 Å². The minimum Gasteiger partial charge on any atom is -0.119 e. The van der Waals surface area contributed by atoms with Crippen LogP contribution in [0, 0.1) is 0 Å². The van der Waals surface area contributed by atoms with Crippen molar-refractivity contribution in [3.8, 4) is 0 Å². The predicted molar refractivity (Wildman–Crippen MR) is 55.9 cm³/mol. The van der Waals surface area contributed by atoms with Crippen LogP contribution in [0.2, 0.25) is 0 Å². The average molecular weight is 205 g/mol. The van der Waals surface area contributed by atoms with Gasteiger partial charge in [0, 0.05) is 4.57 Å². The Morgan fingerprint density at radius 1 is 1.31 bits per heavy atom. The molecular weight excluding hydrogens is 187 g/mol. The van der Waals surface area contributed by atoms with Gasteiger partial charge in [0.1, 0.15) is 13.2 Å². The van der Waals surface area contributed by atoms with Crippen LogP contribution in [0.15, 0.2) is 24.8 Å². The van der Waals surface area contributed by atoms with Gasteiger partial charge in [-0.3, -0.25) is 0 Å². The first-order valence-electron chi connectivity index (χ1n) is 4.19. The second kappa shape index (κ2) is 14.0. The molecule has 0 radical (unpaired) electrons. The van der Waals surface area contributed by atoms with Crippen molar-refractivity contribution in [1.82, 2.24) is 0 Å². The van der Waals surface area contributed by atoms with E-state index < -0.39 is 8.25 Å². The summed E-state index contributed by atoms with van der Waals surface area (Å²) >= 11 is 0. The molecule has 3 nitrogen and oxygen atoms in total. The molecule has 0 aromatic heterocycles. The molecule has 0 atom stereocenters. The topological polar surface area (TPSA) is 35.5 Å². The molecule has 0 saturated carbocycles. The highest BCUT2D eigenvalue weighted by Gasteiger charge is 2.15. The molecule has 0 N–H and O–H groups in total. The first-order chi connectivity index (χ1) is 6.22. The predicted octanol–water partition coefficient (Wildman–Crippen LogP) is 3.47. The standard InChI is InChI=1S/C5H8.C4H10O3P/c1-3-5-4-2;1-3-6-8(5)7-4-2/h3-5H,1H2,2H3;3-4H2,1-2H3/q;+1. The summed E-state index contributed by atoms with van der Waals surface area (Å²) in [7, 11) is -1.83. The maximum Gasteiger partial charge on any atom is 0.697 e. The first-order valence-corrected chi connectivity index (χ1v) is 5.29. The lowest BCUT2D eigenvalue weighted by Gasteiger charge is -1.78. The fourth-order valence-corrected chi connectivity index (χ4v) is 0.880. The second-order valence-corrected chi connectivity index (χ2v) is 2.78. The molecule has 13 heavy (non-hydrogen) atoms. The smallest absolute Gasteiger partial charge is 0.119 e. The third-order valence-electron chi connectivity index (χ3n) is 0.798. The Labute approximate surface area is 81.4 Å². The normalized spacial score (nSPS) is 9.15. The highest BCUT2D eigenvalue weighted by molar-refractivity contribution is 7.33. The zero-order valence-corrected chi connectivity index (χ0v) is 9.42. The third kappa shape index (κ3) is 18.5. The van der Waals surface area contributed by atoms with Crippen LogP contribution in [0.25, 0.3) is 0 Å². The van der Waals surface area contributed by atoms with E-state index in [0.717, 1.165) is 0 Å².